The SMILES string of the molecule is O=C(Cn1[nH]c(=O)c2ccccc2c1=O)N(CCc1ccccc1)CCc1ccccc1. The number of aromatic amines is 1. The summed E-state index contributed by atoms with van der Waals surface area (Å²) in [6.45, 7) is 0.854. The maximum Gasteiger partial charge on any atom is 0.273 e. The van der Waals surface area contributed by atoms with Crippen molar-refractivity contribution in [2.75, 3.05) is 13.1 Å². The summed E-state index contributed by atoms with van der Waals surface area (Å²) in [5.74, 6) is -0.204. The molecule has 32 heavy (non-hydrogen) atoms. The number of fused-ring (bicyclic) bond motifs is 1. The van der Waals surface area contributed by atoms with Crippen LogP contribution in [0.4, 0.5) is 0 Å². The summed E-state index contributed by atoms with van der Waals surface area (Å²) in [5, 5.41) is 3.19. The van der Waals surface area contributed by atoms with Crippen LogP contribution in [0.2, 0.25) is 0 Å². The average molecular weight is 428 g/mol. The molecule has 0 radical (unpaired) electrons. The van der Waals surface area contributed by atoms with E-state index >= 15 is 0 Å². The third-order valence-electron chi connectivity index (χ3n) is 5.56. The summed E-state index contributed by atoms with van der Waals surface area (Å²) in [6.07, 6.45) is 1.43. The minimum atomic E-state index is -0.381. The predicted octanol–water partition coefficient (Wildman–Crippen LogP) is 3.00. The van der Waals surface area contributed by atoms with Crippen LogP contribution in [0.5, 0.6) is 0 Å². The molecule has 0 aliphatic heterocycles. The van der Waals surface area contributed by atoms with Gasteiger partial charge in [-0.2, -0.15) is 0 Å². The molecule has 1 aromatic heterocycles. The lowest BCUT2D eigenvalue weighted by Crippen LogP contribution is -2.41. The molecule has 0 saturated heterocycles. The van der Waals surface area contributed by atoms with Crippen molar-refractivity contribution >= 4 is 16.7 Å². The Morgan fingerprint density at radius 1 is 0.719 bits per heavy atom. The number of hydrogen-bond donors (Lipinski definition) is 1. The van der Waals surface area contributed by atoms with Crippen molar-refractivity contribution in [1.82, 2.24) is 14.7 Å². The Morgan fingerprint density at radius 3 is 1.78 bits per heavy atom. The minimum Gasteiger partial charge on any atom is -0.340 e. The van der Waals surface area contributed by atoms with E-state index in [2.05, 4.69) is 5.10 Å². The van der Waals surface area contributed by atoms with Crippen LogP contribution in [0.1, 0.15) is 11.1 Å². The van der Waals surface area contributed by atoms with E-state index in [0.29, 0.717) is 36.7 Å². The second-order valence-electron chi connectivity index (χ2n) is 7.73. The average Bonchev–Trinajstić information content (AvgIpc) is 2.83. The molecule has 0 bridgehead atoms. The number of carbonyl (C=O) groups is 1. The van der Waals surface area contributed by atoms with E-state index < -0.39 is 0 Å². The van der Waals surface area contributed by atoms with Gasteiger partial charge in [-0.1, -0.05) is 72.8 Å². The first-order valence-corrected chi connectivity index (χ1v) is 10.7. The number of carbonyl (C=O) groups excluding carboxylic acids is 1. The van der Waals surface area contributed by atoms with Crippen LogP contribution in [0.25, 0.3) is 10.8 Å². The number of benzene rings is 3. The topological polar surface area (TPSA) is 75.2 Å². The number of amides is 1. The van der Waals surface area contributed by atoms with E-state index in [1.165, 1.54) is 0 Å². The molecule has 6 heteroatoms. The molecular weight excluding hydrogens is 402 g/mol. The summed E-state index contributed by atoms with van der Waals surface area (Å²) in [7, 11) is 0. The number of nitrogens with one attached hydrogen (secondary N) is 1. The molecule has 4 rings (SSSR count). The molecular formula is C26H25N3O3. The van der Waals surface area contributed by atoms with Crippen molar-refractivity contribution in [2.45, 2.75) is 19.4 Å². The lowest BCUT2D eigenvalue weighted by molar-refractivity contribution is -0.132. The molecule has 0 unspecified atom stereocenters. The summed E-state index contributed by atoms with van der Waals surface area (Å²) in [6, 6.07) is 26.6. The maximum absolute atomic E-state index is 13.2. The highest BCUT2D eigenvalue weighted by Crippen LogP contribution is 2.07. The van der Waals surface area contributed by atoms with Crippen LogP contribution in [0.15, 0.2) is 94.5 Å². The first kappa shape index (κ1) is 21.3. The van der Waals surface area contributed by atoms with E-state index in [1.807, 2.05) is 60.7 Å². The van der Waals surface area contributed by atoms with Gasteiger partial charge in [-0.05, 0) is 36.1 Å². The third-order valence-corrected chi connectivity index (χ3v) is 5.56. The van der Waals surface area contributed by atoms with E-state index in [-0.39, 0.29) is 23.6 Å². The number of hydrogen-bond acceptors (Lipinski definition) is 3. The van der Waals surface area contributed by atoms with Crippen molar-refractivity contribution < 1.29 is 4.79 Å². The minimum absolute atomic E-state index is 0.204. The van der Waals surface area contributed by atoms with Crippen LogP contribution in [-0.2, 0) is 24.2 Å². The molecule has 0 saturated carbocycles. The van der Waals surface area contributed by atoms with Gasteiger partial charge in [0.25, 0.3) is 11.1 Å². The molecule has 0 atom stereocenters. The van der Waals surface area contributed by atoms with Gasteiger partial charge in [0.1, 0.15) is 6.54 Å². The molecule has 1 heterocycles. The summed E-state index contributed by atoms with van der Waals surface area (Å²) >= 11 is 0. The van der Waals surface area contributed by atoms with E-state index in [0.717, 1.165) is 15.8 Å². The monoisotopic (exact) mass is 427 g/mol. The fourth-order valence-electron chi connectivity index (χ4n) is 3.77. The van der Waals surface area contributed by atoms with Gasteiger partial charge in [0.15, 0.2) is 0 Å². The van der Waals surface area contributed by atoms with Gasteiger partial charge in [-0.25, -0.2) is 4.68 Å². The Hall–Kier alpha value is -3.93. The lowest BCUT2D eigenvalue weighted by atomic mass is 10.1. The molecule has 6 nitrogen and oxygen atoms in total. The van der Waals surface area contributed by atoms with E-state index in [1.54, 1.807) is 29.2 Å². The van der Waals surface area contributed by atoms with Crippen molar-refractivity contribution in [3.05, 3.63) is 117 Å². The number of rotatable bonds is 8. The Bertz CT molecular complexity index is 1270. The molecule has 162 valence electrons. The van der Waals surface area contributed by atoms with Crippen LogP contribution in [0.3, 0.4) is 0 Å². The fourth-order valence-corrected chi connectivity index (χ4v) is 3.77. The molecule has 1 N–H and O–H groups in total. The van der Waals surface area contributed by atoms with Crippen molar-refractivity contribution in [2.24, 2.45) is 0 Å². The van der Waals surface area contributed by atoms with Gasteiger partial charge in [0, 0.05) is 13.1 Å². The lowest BCUT2D eigenvalue weighted by Gasteiger charge is -2.23. The normalized spacial score (nSPS) is 10.9. The highest BCUT2D eigenvalue weighted by molar-refractivity contribution is 5.81. The van der Waals surface area contributed by atoms with Gasteiger partial charge in [-0.15, -0.1) is 0 Å². The molecule has 1 amide bonds. The van der Waals surface area contributed by atoms with Crippen LogP contribution >= 0.6 is 0 Å². The summed E-state index contributed by atoms with van der Waals surface area (Å²) in [4.78, 5) is 40.2. The highest BCUT2D eigenvalue weighted by Gasteiger charge is 2.17. The number of H-pyrrole nitrogens is 1. The van der Waals surface area contributed by atoms with Crippen molar-refractivity contribution in [1.29, 1.82) is 0 Å². The van der Waals surface area contributed by atoms with Gasteiger partial charge < -0.3 is 4.90 Å². The molecule has 3 aromatic carbocycles. The second-order valence-corrected chi connectivity index (χ2v) is 7.73. The highest BCUT2D eigenvalue weighted by atomic mass is 16.2. The van der Waals surface area contributed by atoms with Crippen LogP contribution in [0, 0.1) is 0 Å². The molecule has 0 aliphatic carbocycles. The Kier molecular flexibility index (Phi) is 6.60. The largest absolute Gasteiger partial charge is 0.340 e. The van der Waals surface area contributed by atoms with E-state index in [4.69, 9.17) is 0 Å². The second kappa shape index (κ2) is 9.92. The zero-order valence-electron chi connectivity index (χ0n) is 17.7. The zero-order chi connectivity index (χ0) is 22.3. The summed E-state index contributed by atoms with van der Waals surface area (Å²) < 4.78 is 1.12. The van der Waals surface area contributed by atoms with Crippen molar-refractivity contribution in [3.63, 3.8) is 0 Å². The van der Waals surface area contributed by atoms with Gasteiger partial charge in [0.05, 0.1) is 10.8 Å². The number of nitrogens with zero attached hydrogens (tertiary/aromatic N) is 2. The van der Waals surface area contributed by atoms with Gasteiger partial charge in [-0.3, -0.25) is 19.5 Å². The summed E-state index contributed by atoms with van der Waals surface area (Å²) in [5.41, 5.74) is 1.52. The first-order valence-electron chi connectivity index (χ1n) is 10.7. The van der Waals surface area contributed by atoms with Crippen molar-refractivity contribution in [3.8, 4) is 0 Å². The molecule has 0 fully saturated rings. The Labute approximate surface area is 185 Å². The van der Waals surface area contributed by atoms with Gasteiger partial charge in [0.2, 0.25) is 5.91 Å². The van der Waals surface area contributed by atoms with Gasteiger partial charge >= 0.3 is 0 Å². The predicted molar refractivity (Wildman–Crippen MR) is 126 cm³/mol. The maximum atomic E-state index is 13.2. The van der Waals surface area contributed by atoms with Crippen LogP contribution in [-0.4, -0.2) is 33.7 Å². The fraction of sp³-hybridized carbons (Fsp3) is 0.192. The van der Waals surface area contributed by atoms with Crippen LogP contribution < -0.4 is 11.1 Å². The quantitative estimate of drug-likeness (QED) is 0.470. The first-order chi connectivity index (χ1) is 15.6. The third kappa shape index (κ3) is 5.03. The zero-order valence-corrected chi connectivity index (χ0v) is 17.7. The molecule has 0 spiro atoms. The Balaban J connectivity index is 1.54. The van der Waals surface area contributed by atoms with E-state index in [9.17, 15) is 14.4 Å². The molecule has 0 aliphatic rings. The standard InChI is InChI=1S/C26H25N3O3/c30-24(19-29-26(32)23-14-8-7-13-22(23)25(31)27-29)28(17-15-20-9-3-1-4-10-20)18-16-21-11-5-2-6-12-21/h1-14H,15-19H2,(H,27,31). The molecule has 4 aromatic rings. The number of aromatic nitrogens is 2. The smallest absolute Gasteiger partial charge is 0.273 e. The Morgan fingerprint density at radius 2 is 1.22 bits per heavy atom.